The summed E-state index contributed by atoms with van der Waals surface area (Å²) < 4.78 is 1.82. The monoisotopic (exact) mass is 149 g/mol. The number of hydrogen-bond acceptors (Lipinski definition) is 2. The number of rotatable bonds is 1. The molecule has 0 N–H and O–H groups in total. The van der Waals surface area contributed by atoms with Gasteiger partial charge in [-0.15, -0.1) is 0 Å². The first-order valence-corrected chi connectivity index (χ1v) is 3.78. The van der Waals surface area contributed by atoms with Gasteiger partial charge in [-0.25, -0.2) is 0 Å². The van der Waals surface area contributed by atoms with Crippen molar-refractivity contribution in [2.75, 3.05) is 11.4 Å². The fourth-order valence-corrected chi connectivity index (χ4v) is 1.26. The Morgan fingerprint density at radius 3 is 3.00 bits per heavy atom. The molecule has 3 nitrogen and oxygen atoms in total. The molecule has 0 spiro atoms. The Morgan fingerprint density at radius 1 is 1.55 bits per heavy atom. The second kappa shape index (κ2) is 2.42. The zero-order chi connectivity index (χ0) is 7.68. The summed E-state index contributed by atoms with van der Waals surface area (Å²) in [5, 5.41) is 4.10. The third-order valence-electron chi connectivity index (χ3n) is 1.84. The van der Waals surface area contributed by atoms with Gasteiger partial charge in [0.2, 0.25) is 0 Å². The standard InChI is InChI=1S/C8H11N3/c1-10-7-8(6-9-10)11-4-2-3-5-11/h2,4,6-7H,3,5H2,1H3. The highest BCUT2D eigenvalue weighted by Gasteiger charge is 2.07. The van der Waals surface area contributed by atoms with Crippen molar-refractivity contribution >= 4 is 5.69 Å². The number of nitrogens with zero attached hydrogens (tertiary/aromatic N) is 3. The minimum atomic E-state index is 1.09. The molecule has 1 aliphatic heterocycles. The lowest BCUT2D eigenvalue weighted by Gasteiger charge is -2.10. The zero-order valence-corrected chi connectivity index (χ0v) is 6.57. The van der Waals surface area contributed by atoms with Crippen LogP contribution in [0.3, 0.4) is 0 Å². The summed E-state index contributed by atoms with van der Waals surface area (Å²) in [5.41, 5.74) is 1.18. The van der Waals surface area contributed by atoms with Gasteiger partial charge in [0.1, 0.15) is 0 Å². The normalized spacial score (nSPS) is 16.3. The van der Waals surface area contributed by atoms with Gasteiger partial charge in [0, 0.05) is 26.0 Å². The Balaban J connectivity index is 2.22. The van der Waals surface area contributed by atoms with Crippen molar-refractivity contribution in [2.24, 2.45) is 7.05 Å². The molecular formula is C8H11N3. The van der Waals surface area contributed by atoms with Crippen LogP contribution in [-0.4, -0.2) is 16.3 Å². The third kappa shape index (κ3) is 1.13. The van der Waals surface area contributed by atoms with Gasteiger partial charge in [0.25, 0.3) is 0 Å². The molecule has 1 aromatic heterocycles. The molecule has 0 saturated carbocycles. The van der Waals surface area contributed by atoms with Gasteiger partial charge in [0.15, 0.2) is 0 Å². The summed E-state index contributed by atoms with van der Waals surface area (Å²) in [5.74, 6) is 0. The molecule has 0 aliphatic carbocycles. The first kappa shape index (κ1) is 6.46. The van der Waals surface area contributed by atoms with Crippen molar-refractivity contribution in [1.82, 2.24) is 9.78 Å². The molecule has 0 bridgehead atoms. The summed E-state index contributed by atoms with van der Waals surface area (Å²) in [7, 11) is 1.93. The molecule has 0 fully saturated rings. The maximum absolute atomic E-state index is 4.10. The van der Waals surface area contributed by atoms with Crippen molar-refractivity contribution in [2.45, 2.75) is 6.42 Å². The Labute approximate surface area is 65.9 Å². The van der Waals surface area contributed by atoms with Crippen LogP contribution in [0.25, 0.3) is 0 Å². The first-order chi connectivity index (χ1) is 5.36. The molecule has 0 saturated heterocycles. The van der Waals surface area contributed by atoms with Crippen molar-refractivity contribution in [1.29, 1.82) is 0 Å². The number of hydrogen-bond donors (Lipinski definition) is 0. The predicted octanol–water partition coefficient (Wildman–Crippen LogP) is 1.14. The summed E-state index contributed by atoms with van der Waals surface area (Å²) in [6.45, 7) is 1.09. The van der Waals surface area contributed by atoms with Crippen molar-refractivity contribution in [3.8, 4) is 0 Å². The van der Waals surface area contributed by atoms with Gasteiger partial charge in [-0.05, 0) is 6.42 Å². The highest BCUT2D eigenvalue weighted by molar-refractivity contribution is 5.47. The van der Waals surface area contributed by atoms with E-state index in [-0.39, 0.29) is 0 Å². The molecule has 0 atom stereocenters. The molecule has 3 heteroatoms. The van der Waals surface area contributed by atoms with E-state index in [1.54, 1.807) is 0 Å². The number of anilines is 1. The molecule has 0 amide bonds. The van der Waals surface area contributed by atoms with Gasteiger partial charge in [0.05, 0.1) is 11.9 Å². The Kier molecular flexibility index (Phi) is 1.42. The van der Waals surface area contributed by atoms with Gasteiger partial charge < -0.3 is 4.90 Å². The van der Waals surface area contributed by atoms with Crippen LogP contribution < -0.4 is 4.90 Å². The van der Waals surface area contributed by atoms with Crippen LogP contribution in [0.15, 0.2) is 24.7 Å². The molecule has 11 heavy (non-hydrogen) atoms. The molecular weight excluding hydrogens is 138 g/mol. The summed E-state index contributed by atoms with van der Waals surface area (Å²) in [6.07, 6.45) is 9.34. The van der Waals surface area contributed by atoms with E-state index in [0.717, 1.165) is 13.0 Å². The highest BCUT2D eigenvalue weighted by atomic mass is 15.3. The number of aryl methyl sites for hydroxylation is 1. The largest absolute Gasteiger partial charge is 0.345 e. The van der Waals surface area contributed by atoms with Crippen molar-refractivity contribution < 1.29 is 0 Å². The number of aromatic nitrogens is 2. The molecule has 0 unspecified atom stereocenters. The third-order valence-corrected chi connectivity index (χ3v) is 1.84. The zero-order valence-electron chi connectivity index (χ0n) is 6.57. The summed E-state index contributed by atoms with van der Waals surface area (Å²) in [6, 6.07) is 0. The first-order valence-electron chi connectivity index (χ1n) is 3.78. The SMILES string of the molecule is Cn1cc(N2C=CCC2)cn1. The van der Waals surface area contributed by atoms with Gasteiger partial charge >= 0.3 is 0 Å². The maximum atomic E-state index is 4.10. The van der Waals surface area contributed by atoms with Crippen LogP contribution in [0.4, 0.5) is 5.69 Å². The van der Waals surface area contributed by atoms with Crippen molar-refractivity contribution in [3.63, 3.8) is 0 Å². The fourth-order valence-electron chi connectivity index (χ4n) is 1.26. The second-order valence-electron chi connectivity index (χ2n) is 2.74. The predicted molar refractivity (Wildman–Crippen MR) is 44.3 cm³/mol. The quantitative estimate of drug-likeness (QED) is 0.597. The van der Waals surface area contributed by atoms with E-state index in [2.05, 4.69) is 22.3 Å². The minimum absolute atomic E-state index is 1.09. The Morgan fingerprint density at radius 2 is 2.45 bits per heavy atom. The second-order valence-corrected chi connectivity index (χ2v) is 2.74. The Bertz CT molecular complexity index is 275. The lowest BCUT2D eigenvalue weighted by Crippen LogP contribution is -2.10. The van der Waals surface area contributed by atoms with E-state index in [9.17, 15) is 0 Å². The topological polar surface area (TPSA) is 21.1 Å². The van der Waals surface area contributed by atoms with E-state index in [4.69, 9.17) is 0 Å². The van der Waals surface area contributed by atoms with Crippen LogP contribution >= 0.6 is 0 Å². The molecule has 1 aliphatic rings. The van der Waals surface area contributed by atoms with E-state index < -0.39 is 0 Å². The average molecular weight is 149 g/mol. The molecule has 2 heterocycles. The average Bonchev–Trinajstić information content (AvgIpc) is 2.55. The summed E-state index contributed by atoms with van der Waals surface area (Å²) in [4.78, 5) is 2.20. The molecule has 0 radical (unpaired) electrons. The molecule has 0 aromatic carbocycles. The maximum Gasteiger partial charge on any atom is 0.0792 e. The van der Waals surface area contributed by atoms with Crippen LogP contribution in [-0.2, 0) is 7.05 Å². The molecule has 2 rings (SSSR count). The van der Waals surface area contributed by atoms with E-state index in [1.165, 1.54) is 5.69 Å². The Hall–Kier alpha value is -1.25. The van der Waals surface area contributed by atoms with E-state index >= 15 is 0 Å². The van der Waals surface area contributed by atoms with Crippen LogP contribution in [0.2, 0.25) is 0 Å². The van der Waals surface area contributed by atoms with Crippen LogP contribution in [0.5, 0.6) is 0 Å². The van der Waals surface area contributed by atoms with Crippen LogP contribution in [0, 0.1) is 0 Å². The molecule has 58 valence electrons. The summed E-state index contributed by atoms with van der Waals surface area (Å²) >= 11 is 0. The van der Waals surface area contributed by atoms with Gasteiger partial charge in [-0.3, -0.25) is 4.68 Å². The lowest BCUT2D eigenvalue weighted by molar-refractivity contribution is 0.767. The van der Waals surface area contributed by atoms with Crippen LogP contribution in [0.1, 0.15) is 6.42 Å². The fraction of sp³-hybridized carbons (Fsp3) is 0.375. The van der Waals surface area contributed by atoms with Gasteiger partial charge in [-0.2, -0.15) is 5.10 Å². The minimum Gasteiger partial charge on any atom is -0.345 e. The molecule has 1 aromatic rings. The van der Waals surface area contributed by atoms with Gasteiger partial charge in [-0.1, -0.05) is 6.08 Å². The lowest BCUT2D eigenvalue weighted by atomic mass is 10.4. The highest BCUT2D eigenvalue weighted by Crippen LogP contribution is 2.16. The van der Waals surface area contributed by atoms with Crippen molar-refractivity contribution in [3.05, 3.63) is 24.7 Å². The smallest absolute Gasteiger partial charge is 0.0792 e. The van der Waals surface area contributed by atoms with E-state index in [1.807, 2.05) is 24.1 Å². The van der Waals surface area contributed by atoms with E-state index in [0.29, 0.717) is 0 Å².